The predicted octanol–water partition coefficient (Wildman–Crippen LogP) is 2.51. The molecule has 0 aromatic heterocycles. The van der Waals surface area contributed by atoms with Crippen LogP contribution in [-0.2, 0) is 16.0 Å². The number of rotatable bonds is 9. The number of carbonyl (C=O) groups is 1. The lowest BCUT2D eigenvalue weighted by molar-refractivity contribution is -0.143. The number of ether oxygens (including phenoxy) is 2. The summed E-state index contributed by atoms with van der Waals surface area (Å²) in [6, 6.07) is 8.28. The van der Waals surface area contributed by atoms with Crippen molar-refractivity contribution in [2.75, 3.05) is 26.8 Å². The van der Waals surface area contributed by atoms with E-state index in [0.717, 1.165) is 12.2 Å². The lowest BCUT2D eigenvalue weighted by Crippen LogP contribution is -2.31. The van der Waals surface area contributed by atoms with E-state index in [4.69, 9.17) is 15.9 Å². The summed E-state index contributed by atoms with van der Waals surface area (Å²) < 4.78 is 10.5. The van der Waals surface area contributed by atoms with E-state index >= 15 is 0 Å². The number of likely N-dealkylation sites (N-methyl/N-ethyl adjacent to an activating group) is 1. The largest absolute Gasteiger partial charge is 0.493 e. The molecule has 1 aromatic carbocycles. The Morgan fingerprint density at radius 3 is 2.91 bits per heavy atom. The first kappa shape index (κ1) is 18.1. The van der Waals surface area contributed by atoms with E-state index in [1.807, 2.05) is 25.2 Å². The molecule has 0 saturated heterocycles. The molecule has 0 heterocycles. The van der Waals surface area contributed by atoms with Crippen LogP contribution in [0, 0.1) is 12.3 Å². The van der Waals surface area contributed by atoms with Crippen molar-refractivity contribution in [3.8, 4) is 18.1 Å². The maximum atomic E-state index is 11.3. The van der Waals surface area contributed by atoms with Crippen LogP contribution in [0.4, 0.5) is 0 Å². The fraction of sp³-hybridized carbons (Fsp3) is 0.500. The number of benzene rings is 1. The monoisotopic (exact) mass is 303 g/mol. The van der Waals surface area contributed by atoms with E-state index in [0.29, 0.717) is 25.8 Å². The summed E-state index contributed by atoms with van der Waals surface area (Å²) in [4.78, 5) is 13.4. The minimum atomic E-state index is -0.233. The number of hydrogen-bond donors (Lipinski definition) is 0. The van der Waals surface area contributed by atoms with Gasteiger partial charge in [0.05, 0.1) is 26.2 Å². The molecule has 0 spiro atoms. The summed E-state index contributed by atoms with van der Waals surface area (Å²) in [6.07, 6.45) is 6.50. The molecule has 0 saturated carbocycles. The van der Waals surface area contributed by atoms with Crippen LogP contribution in [0.2, 0.25) is 0 Å². The maximum Gasteiger partial charge on any atom is 0.309 e. The zero-order valence-electron chi connectivity index (χ0n) is 13.7. The van der Waals surface area contributed by atoms with Crippen molar-refractivity contribution in [2.24, 2.45) is 0 Å². The molecular formula is C18H25NO3. The summed E-state index contributed by atoms with van der Waals surface area (Å²) in [7, 11) is 2.02. The van der Waals surface area contributed by atoms with Crippen LogP contribution in [0.25, 0.3) is 0 Å². The van der Waals surface area contributed by atoms with Gasteiger partial charge in [0, 0.05) is 6.04 Å². The van der Waals surface area contributed by atoms with Gasteiger partial charge in [0.15, 0.2) is 0 Å². The number of esters is 1. The first-order chi connectivity index (χ1) is 10.6. The van der Waals surface area contributed by atoms with Gasteiger partial charge in [-0.3, -0.25) is 9.69 Å². The number of hydrogen-bond acceptors (Lipinski definition) is 4. The normalized spacial score (nSPS) is 11.8. The quantitative estimate of drug-likeness (QED) is 0.519. The molecule has 0 aliphatic rings. The molecule has 22 heavy (non-hydrogen) atoms. The molecule has 1 atom stereocenters. The molecule has 0 fully saturated rings. The predicted molar refractivity (Wildman–Crippen MR) is 87.8 cm³/mol. The molecule has 1 aromatic rings. The van der Waals surface area contributed by atoms with Crippen LogP contribution in [0.5, 0.6) is 5.75 Å². The molecule has 0 radical (unpaired) electrons. The molecule has 1 rings (SSSR count). The Kier molecular flexibility index (Phi) is 8.09. The first-order valence-electron chi connectivity index (χ1n) is 7.57. The maximum absolute atomic E-state index is 11.3. The number of carbonyl (C=O) groups excluding carboxylic acids is 1. The Hall–Kier alpha value is -1.99. The van der Waals surface area contributed by atoms with E-state index in [1.54, 1.807) is 6.92 Å². The number of nitrogens with zero attached hydrogens (tertiary/aromatic N) is 1. The van der Waals surface area contributed by atoms with E-state index < -0.39 is 0 Å². The second-order valence-corrected chi connectivity index (χ2v) is 5.22. The summed E-state index contributed by atoms with van der Waals surface area (Å²) >= 11 is 0. The summed E-state index contributed by atoms with van der Waals surface area (Å²) in [5.41, 5.74) is 1.19. The van der Waals surface area contributed by atoms with Crippen molar-refractivity contribution >= 4 is 5.97 Å². The Morgan fingerprint density at radius 1 is 1.45 bits per heavy atom. The van der Waals surface area contributed by atoms with Crippen molar-refractivity contribution in [1.29, 1.82) is 0 Å². The topological polar surface area (TPSA) is 38.8 Å². The molecule has 0 bridgehead atoms. The zero-order chi connectivity index (χ0) is 16.4. The third-order valence-electron chi connectivity index (χ3n) is 3.40. The van der Waals surface area contributed by atoms with Crippen molar-refractivity contribution in [3.63, 3.8) is 0 Å². The second-order valence-electron chi connectivity index (χ2n) is 5.22. The second kappa shape index (κ2) is 9.86. The standard InChI is InChI=1S/C18H25NO3/c1-5-11-19(4)15(3)13-16-8-7-9-17(14-16)22-12-10-18(20)21-6-2/h1,7-9,14-15H,6,10-13H2,2-4H3/t15-/m1/s1. The van der Waals surface area contributed by atoms with Gasteiger partial charge < -0.3 is 9.47 Å². The lowest BCUT2D eigenvalue weighted by atomic mass is 10.1. The minimum absolute atomic E-state index is 0.233. The van der Waals surface area contributed by atoms with E-state index in [9.17, 15) is 4.79 Å². The van der Waals surface area contributed by atoms with E-state index in [2.05, 4.69) is 23.8 Å². The van der Waals surface area contributed by atoms with Crippen LogP contribution in [0.1, 0.15) is 25.8 Å². The Balaban J connectivity index is 2.48. The van der Waals surface area contributed by atoms with Crippen LogP contribution in [-0.4, -0.2) is 43.7 Å². The molecule has 4 heteroatoms. The van der Waals surface area contributed by atoms with Gasteiger partial charge in [0.1, 0.15) is 5.75 Å². The molecule has 0 aliphatic heterocycles. The van der Waals surface area contributed by atoms with Gasteiger partial charge in [-0.2, -0.15) is 0 Å². The highest BCUT2D eigenvalue weighted by Gasteiger charge is 2.09. The highest BCUT2D eigenvalue weighted by atomic mass is 16.5. The fourth-order valence-corrected chi connectivity index (χ4v) is 2.04. The lowest BCUT2D eigenvalue weighted by Gasteiger charge is -2.22. The van der Waals surface area contributed by atoms with Gasteiger partial charge in [0.25, 0.3) is 0 Å². The highest BCUT2D eigenvalue weighted by Crippen LogP contribution is 2.16. The Morgan fingerprint density at radius 2 is 2.23 bits per heavy atom. The third-order valence-corrected chi connectivity index (χ3v) is 3.40. The van der Waals surface area contributed by atoms with Crippen LogP contribution >= 0.6 is 0 Å². The van der Waals surface area contributed by atoms with Gasteiger partial charge in [-0.05, 0) is 45.0 Å². The first-order valence-corrected chi connectivity index (χ1v) is 7.57. The molecule has 0 N–H and O–H groups in total. The van der Waals surface area contributed by atoms with Gasteiger partial charge in [0.2, 0.25) is 0 Å². The molecule has 4 nitrogen and oxygen atoms in total. The Bertz CT molecular complexity index is 507. The van der Waals surface area contributed by atoms with E-state index in [-0.39, 0.29) is 12.4 Å². The van der Waals surface area contributed by atoms with E-state index in [1.165, 1.54) is 5.56 Å². The fourth-order valence-electron chi connectivity index (χ4n) is 2.04. The van der Waals surface area contributed by atoms with Gasteiger partial charge in [-0.1, -0.05) is 18.1 Å². The average Bonchev–Trinajstić information content (AvgIpc) is 2.48. The van der Waals surface area contributed by atoms with Gasteiger partial charge in [-0.15, -0.1) is 6.42 Å². The molecular weight excluding hydrogens is 278 g/mol. The van der Waals surface area contributed by atoms with Crippen molar-refractivity contribution < 1.29 is 14.3 Å². The summed E-state index contributed by atoms with van der Waals surface area (Å²) in [6.45, 7) is 5.30. The molecule has 0 amide bonds. The van der Waals surface area contributed by atoms with Gasteiger partial charge in [-0.25, -0.2) is 0 Å². The average molecular weight is 303 g/mol. The molecule has 120 valence electrons. The smallest absolute Gasteiger partial charge is 0.309 e. The minimum Gasteiger partial charge on any atom is -0.493 e. The van der Waals surface area contributed by atoms with Crippen molar-refractivity contribution in [1.82, 2.24) is 4.90 Å². The summed E-state index contributed by atoms with van der Waals surface area (Å²) in [5, 5.41) is 0. The SMILES string of the molecule is C#CCN(C)[C@H](C)Cc1cccc(OCCC(=O)OCC)c1. The van der Waals surface area contributed by atoms with Crippen molar-refractivity contribution in [3.05, 3.63) is 29.8 Å². The Labute approximate surface area is 133 Å². The van der Waals surface area contributed by atoms with Crippen LogP contribution < -0.4 is 4.74 Å². The van der Waals surface area contributed by atoms with Crippen LogP contribution in [0.15, 0.2) is 24.3 Å². The number of terminal acetylenes is 1. The van der Waals surface area contributed by atoms with Crippen LogP contribution in [0.3, 0.4) is 0 Å². The highest BCUT2D eigenvalue weighted by molar-refractivity contribution is 5.69. The zero-order valence-corrected chi connectivity index (χ0v) is 13.7. The van der Waals surface area contributed by atoms with Gasteiger partial charge >= 0.3 is 5.97 Å². The summed E-state index contributed by atoms with van der Waals surface area (Å²) in [5.74, 6) is 3.19. The van der Waals surface area contributed by atoms with Crippen molar-refractivity contribution in [2.45, 2.75) is 32.7 Å². The molecule has 0 aliphatic carbocycles. The third kappa shape index (κ3) is 6.64. The molecule has 0 unspecified atom stereocenters.